The van der Waals surface area contributed by atoms with Gasteiger partial charge in [-0.15, -0.1) is 11.6 Å². The molecule has 28 heavy (non-hydrogen) atoms. The number of hydrogen-bond donors (Lipinski definition) is 0. The number of benzene rings is 1. The lowest BCUT2D eigenvalue weighted by Crippen LogP contribution is -2.48. The molecule has 1 heterocycles. The summed E-state index contributed by atoms with van der Waals surface area (Å²) in [5.41, 5.74) is -0.0457. The molecule has 4 nitrogen and oxygen atoms in total. The van der Waals surface area contributed by atoms with Crippen LogP contribution in [-0.4, -0.2) is 42.3 Å². The topological polar surface area (TPSA) is 32.8 Å². The summed E-state index contributed by atoms with van der Waals surface area (Å²) >= 11 is 5.96. The Morgan fingerprint density at radius 2 is 1.86 bits per heavy atom. The number of anilines is 1. The largest absolute Gasteiger partial charge is 0.444 e. The van der Waals surface area contributed by atoms with Crippen molar-refractivity contribution in [2.75, 3.05) is 24.5 Å². The van der Waals surface area contributed by atoms with E-state index in [1.165, 1.54) is 6.07 Å². The van der Waals surface area contributed by atoms with Gasteiger partial charge in [-0.3, -0.25) is 0 Å². The summed E-state index contributed by atoms with van der Waals surface area (Å²) in [7, 11) is 0. The molecule has 0 saturated carbocycles. The third-order valence-corrected chi connectivity index (χ3v) is 5.05. The zero-order chi connectivity index (χ0) is 21.1. The fourth-order valence-electron chi connectivity index (χ4n) is 3.46. The van der Waals surface area contributed by atoms with Crippen molar-refractivity contribution in [3.05, 3.63) is 29.3 Å². The highest BCUT2D eigenvalue weighted by atomic mass is 35.5. The molecular weight excluding hydrogens is 393 g/mol. The van der Waals surface area contributed by atoms with Crippen molar-refractivity contribution in [2.24, 2.45) is 0 Å². The molecule has 1 amide bonds. The molecule has 1 aromatic rings. The van der Waals surface area contributed by atoms with Crippen molar-refractivity contribution in [1.29, 1.82) is 0 Å². The predicted octanol–water partition coefficient (Wildman–Crippen LogP) is 5.67. The monoisotopic (exact) mass is 420 g/mol. The molecule has 1 aromatic carbocycles. The highest BCUT2D eigenvalue weighted by Gasteiger charge is 2.33. The van der Waals surface area contributed by atoms with Gasteiger partial charge in [0.2, 0.25) is 0 Å². The number of ether oxygens (including phenoxy) is 1. The number of amides is 1. The smallest absolute Gasteiger partial charge is 0.416 e. The number of alkyl halides is 4. The van der Waals surface area contributed by atoms with Crippen LogP contribution in [0.2, 0.25) is 0 Å². The summed E-state index contributed by atoms with van der Waals surface area (Å²) in [4.78, 5) is 16.0. The number of halogens is 4. The Bertz CT molecular complexity index is 681. The number of hydrogen-bond acceptors (Lipinski definition) is 3. The minimum atomic E-state index is -4.39. The van der Waals surface area contributed by atoms with E-state index in [0.29, 0.717) is 25.2 Å². The maximum absolute atomic E-state index is 13.0. The van der Waals surface area contributed by atoms with Crippen LogP contribution >= 0.6 is 11.6 Å². The zero-order valence-corrected chi connectivity index (χ0v) is 17.5. The Kier molecular flexibility index (Phi) is 7.12. The standard InChI is InChI=1S/C20H28ClF3N2O2/c1-5-26(17-7-6-15(20(22,23)24)12-14(17)13-21)16-8-10-25(11-9-16)18(27)28-19(2,3)4/h6-7,12,16H,5,8-11,13H2,1-4H3. The fraction of sp³-hybridized carbons (Fsp3) is 0.650. The minimum Gasteiger partial charge on any atom is -0.444 e. The molecule has 0 aromatic heterocycles. The Morgan fingerprint density at radius 3 is 2.32 bits per heavy atom. The van der Waals surface area contributed by atoms with Crippen molar-refractivity contribution in [3.8, 4) is 0 Å². The molecule has 2 rings (SSSR count). The molecule has 0 N–H and O–H groups in total. The lowest BCUT2D eigenvalue weighted by atomic mass is 10.0. The van der Waals surface area contributed by atoms with Crippen LogP contribution < -0.4 is 4.90 Å². The molecule has 0 radical (unpaired) electrons. The summed E-state index contributed by atoms with van der Waals surface area (Å²) < 4.78 is 44.4. The molecule has 1 aliphatic rings. The maximum atomic E-state index is 13.0. The van der Waals surface area contributed by atoms with Crippen molar-refractivity contribution < 1.29 is 22.7 Å². The first kappa shape index (κ1) is 22.7. The van der Waals surface area contributed by atoms with Gasteiger partial charge in [-0.05, 0) is 64.3 Å². The SMILES string of the molecule is CCN(c1ccc(C(F)(F)F)cc1CCl)C1CCN(C(=O)OC(C)(C)C)CC1. The first-order valence-corrected chi connectivity index (χ1v) is 10.0. The van der Waals surface area contributed by atoms with E-state index in [-0.39, 0.29) is 18.0 Å². The molecular formula is C20H28ClF3N2O2. The highest BCUT2D eigenvalue weighted by Crippen LogP contribution is 2.35. The van der Waals surface area contributed by atoms with E-state index in [1.807, 2.05) is 27.7 Å². The van der Waals surface area contributed by atoms with Gasteiger partial charge < -0.3 is 14.5 Å². The molecule has 0 aliphatic carbocycles. The molecule has 1 aliphatic heterocycles. The minimum absolute atomic E-state index is 0.00646. The molecule has 0 unspecified atom stereocenters. The van der Waals surface area contributed by atoms with Gasteiger partial charge in [0.05, 0.1) is 5.56 Å². The molecule has 158 valence electrons. The van der Waals surface area contributed by atoms with Gasteiger partial charge in [0.15, 0.2) is 0 Å². The fourth-order valence-corrected chi connectivity index (χ4v) is 3.67. The molecule has 1 saturated heterocycles. The van der Waals surface area contributed by atoms with Crippen molar-refractivity contribution in [1.82, 2.24) is 4.90 Å². The van der Waals surface area contributed by atoms with Gasteiger partial charge in [0.1, 0.15) is 5.60 Å². The normalized spacial score (nSPS) is 16.2. The number of carbonyl (C=O) groups is 1. The van der Waals surface area contributed by atoms with E-state index in [2.05, 4.69) is 4.90 Å². The van der Waals surface area contributed by atoms with Crippen LogP contribution in [0.4, 0.5) is 23.7 Å². The van der Waals surface area contributed by atoms with Crippen LogP contribution in [0.5, 0.6) is 0 Å². The molecule has 0 spiro atoms. The van der Waals surface area contributed by atoms with E-state index in [4.69, 9.17) is 16.3 Å². The summed E-state index contributed by atoms with van der Waals surface area (Å²) in [6.07, 6.45) is -3.29. The van der Waals surface area contributed by atoms with Crippen LogP contribution in [0.25, 0.3) is 0 Å². The van der Waals surface area contributed by atoms with E-state index in [1.54, 1.807) is 4.90 Å². The number of rotatable bonds is 4. The lowest BCUT2D eigenvalue weighted by Gasteiger charge is -2.40. The van der Waals surface area contributed by atoms with E-state index in [0.717, 1.165) is 30.7 Å². The first-order chi connectivity index (χ1) is 13.0. The van der Waals surface area contributed by atoms with Gasteiger partial charge in [-0.25, -0.2) is 4.79 Å². The summed E-state index contributed by atoms with van der Waals surface area (Å²) in [5, 5.41) is 0. The summed E-state index contributed by atoms with van der Waals surface area (Å²) in [5.74, 6) is 0.00646. The highest BCUT2D eigenvalue weighted by molar-refractivity contribution is 6.17. The third-order valence-electron chi connectivity index (χ3n) is 4.76. The third kappa shape index (κ3) is 5.69. The summed E-state index contributed by atoms with van der Waals surface area (Å²) in [6.45, 7) is 9.19. The Morgan fingerprint density at radius 1 is 1.25 bits per heavy atom. The van der Waals surface area contributed by atoms with Gasteiger partial charge >= 0.3 is 12.3 Å². The van der Waals surface area contributed by atoms with Gasteiger partial charge in [0.25, 0.3) is 0 Å². The zero-order valence-electron chi connectivity index (χ0n) is 16.8. The van der Waals surface area contributed by atoms with Crippen LogP contribution in [0.1, 0.15) is 51.7 Å². The number of piperidine rings is 1. The average Bonchev–Trinajstić information content (AvgIpc) is 2.60. The second-order valence-electron chi connectivity index (χ2n) is 7.96. The van der Waals surface area contributed by atoms with Crippen LogP contribution in [0.15, 0.2) is 18.2 Å². The molecule has 1 fully saturated rings. The Labute approximate surface area is 169 Å². The first-order valence-electron chi connectivity index (χ1n) is 9.47. The Balaban J connectivity index is 2.12. The van der Waals surface area contributed by atoms with Crippen LogP contribution in [-0.2, 0) is 16.8 Å². The van der Waals surface area contributed by atoms with Crippen molar-refractivity contribution >= 4 is 23.4 Å². The second-order valence-corrected chi connectivity index (χ2v) is 8.23. The number of likely N-dealkylation sites (tertiary alicyclic amines) is 1. The van der Waals surface area contributed by atoms with Crippen molar-refractivity contribution in [3.63, 3.8) is 0 Å². The number of carbonyl (C=O) groups excluding carboxylic acids is 1. The maximum Gasteiger partial charge on any atom is 0.416 e. The van der Waals surface area contributed by atoms with Gasteiger partial charge in [-0.1, -0.05) is 0 Å². The summed E-state index contributed by atoms with van der Waals surface area (Å²) in [6, 6.07) is 3.86. The van der Waals surface area contributed by atoms with E-state index in [9.17, 15) is 18.0 Å². The van der Waals surface area contributed by atoms with Gasteiger partial charge in [0, 0.05) is 37.2 Å². The quantitative estimate of drug-likeness (QED) is 0.588. The molecule has 0 atom stereocenters. The Hall–Kier alpha value is -1.63. The molecule has 0 bridgehead atoms. The molecule has 8 heteroatoms. The van der Waals surface area contributed by atoms with Gasteiger partial charge in [-0.2, -0.15) is 13.2 Å². The van der Waals surface area contributed by atoms with E-state index < -0.39 is 17.3 Å². The predicted molar refractivity (Wildman–Crippen MR) is 105 cm³/mol. The average molecular weight is 421 g/mol. The van der Waals surface area contributed by atoms with Crippen LogP contribution in [0.3, 0.4) is 0 Å². The van der Waals surface area contributed by atoms with E-state index >= 15 is 0 Å². The van der Waals surface area contributed by atoms with Crippen LogP contribution in [0, 0.1) is 0 Å². The lowest BCUT2D eigenvalue weighted by molar-refractivity contribution is -0.137. The number of nitrogens with zero attached hydrogens (tertiary/aromatic N) is 2. The van der Waals surface area contributed by atoms with Crippen molar-refractivity contribution in [2.45, 2.75) is 64.2 Å². The second kappa shape index (κ2) is 8.80.